The van der Waals surface area contributed by atoms with Crippen LogP contribution in [0.2, 0.25) is 0 Å². The molecule has 0 unspecified atom stereocenters. The van der Waals surface area contributed by atoms with Gasteiger partial charge in [-0.3, -0.25) is 18.7 Å². The summed E-state index contributed by atoms with van der Waals surface area (Å²) in [5.41, 5.74) is 0.990. The molecule has 2 aromatic heterocycles. The molecule has 0 bridgehead atoms. The second kappa shape index (κ2) is 8.76. The molecule has 0 fully saturated rings. The average molecular weight is 400 g/mol. The highest BCUT2D eigenvalue weighted by Crippen LogP contribution is 2.11. The Morgan fingerprint density at radius 2 is 1.83 bits per heavy atom. The lowest BCUT2D eigenvalue weighted by Gasteiger charge is -2.09. The van der Waals surface area contributed by atoms with Gasteiger partial charge in [0.05, 0.1) is 26.0 Å². The zero-order valence-electron chi connectivity index (χ0n) is 16.8. The molecule has 1 aromatic carbocycles. The zero-order chi connectivity index (χ0) is 21.0. The van der Waals surface area contributed by atoms with Gasteiger partial charge in [0.1, 0.15) is 5.75 Å². The van der Waals surface area contributed by atoms with Crippen LogP contribution in [0.3, 0.4) is 0 Å². The van der Waals surface area contributed by atoms with Crippen LogP contribution in [0.5, 0.6) is 5.75 Å². The van der Waals surface area contributed by atoms with Gasteiger partial charge in [-0.05, 0) is 25.5 Å². The minimum absolute atomic E-state index is 0.113. The van der Waals surface area contributed by atoms with Crippen molar-refractivity contribution >= 4 is 17.1 Å². The lowest BCUT2D eigenvalue weighted by Crippen LogP contribution is -2.39. The maximum absolute atomic E-state index is 12.6. The average Bonchev–Trinajstić information content (AvgIpc) is 3.09. The van der Waals surface area contributed by atoms with Gasteiger partial charge in [0.2, 0.25) is 0 Å². The molecule has 0 atom stereocenters. The Hall–Kier alpha value is -3.36. The molecule has 0 saturated carbocycles. The molecular weight excluding hydrogens is 376 g/mol. The molecule has 3 rings (SSSR count). The number of nitrogens with zero attached hydrogens (tertiary/aromatic N) is 4. The van der Waals surface area contributed by atoms with E-state index in [0.717, 1.165) is 10.1 Å². The summed E-state index contributed by atoms with van der Waals surface area (Å²) in [6.07, 6.45) is 1.97. The van der Waals surface area contributed by atoms with Crippen LogP contribution >= 0.6 is 0 Å². The Morgan fingerprint density at radius 1 is 1.10 bits per heavy atom. The van der Waals surface area contributed by atoms with E-state index in [4.69, 9.17) is 9.47 Å². The van der Waals surface area contributed by atoms with Gasteiger partial charge in [-0.2, -0.15) is 0 Å². The molecule has 2 heterocycles. The molecule has 0 N–H and O–H groups in total. The third-order valence-corrected chi connectivity index (χ3v) is 4.59. The van der Waals surface area contributed by atoms with Crippen molar-refractivity contribution in [3.63, 3.8) is 0 Å². The van der Waals surface area contributed by atoms with Crippen molar-refractivity contribution in [1.82, 2.24) is 18.7 Å². The molecule has 3 aromatic rings. The predicted octanol–water partition coefficient (Wildman–Crippen LogP) is 1.14. The summed E-state index contributed by atoms with van der Waals surface area (Å²) in [4.78, 5) is 40.9. The third kappa shape index (κ3) is 4.56. The van der Waals surface area contributed by atoms with E-state index >= 15 is 0 Å². The highest BCUT2D eigenvalue weighted by atomic mass is 16.5. The summed E-state index contributed by atoms with van der Waals surface area (Å²) in [5, 5.41) is 0. The molecule has 9 nitrogen and oxygen atoms in total. The monoisotopic (exact) mass is 400 g/mol. The van der Waals surface area contributed by atoms with E-state index in [1.165, 1.54) is 10.9 Å². The Balaban J connectivity index is 1.48. The second-order valence-electron chi connectivity index (χ2n) is 6.81. The highest BCUT2D eigenvalue weighted by molar-refractivity contribution is 5.70. The summed E-state index contributed by atoms with van der Waals surface area (Å²) >= 11 is 0. The van der Waals surface area contributed by atoms with Crippen molar-refractivity contribution < 1.29 is 14.3 Å². The first-order valence-corrected chi connectivity index (χ1v) is 9.34. The molecule has 29 heavy (non-hydrogen) atoms. The summed E-state index contributed by atoms with van der Waals surface area (Å²) in [5.74, 6) is 0.309. The third-order valence-electron chi connectivity index (χ3n) is 4.59. The first-order valence-electron chi connectivity index (χ1n) is 9.34. The highest BCUT2D eigenvalue weighted by Gasteiger charge is 2.14. The molecule has 154 valence electrons. The minimum atomic E-state index is -0.445. The number of hydrogen-bond acceptors (Lipinski definition) is 6. The number of aryl methyl sites for hydroxylation is 3. The summed E-state index contributed by atoms with van der Waals surface area (Å²) in [6, 6.07) is 7.56. The summed E-state index contributed by atoms with van der Waals surface area (Å²) in [6.45, 7) is 2.47. The van der Waals surface area contributed by atoms with E-state index in [1.54, 1.807) is 18.7 Å². The van der Waals surface area contributed by atoms with E-state index in [1.807, 2.05) is 31.2 Å². The van der Waals surface area contributed by atoms with Crippen molar-refractivity contribution in [2.45, 2.75) is 26.3 Å². The fraction of sp³-hybridized carbons (Fsp3) is 0.400. The maximum Gasteiger partial charge on any atom is 0.332 e. The number of hydrogen-bond donors (Lipinski definition) is 0. The smallest absolute Gasteiger partial charge is 0.332 e. The molecular formula is C20H24N4O5. The Morgan fingerprint density at radius 3 is 2.55 bits per heavy atom. The number of ether oxygens (including phenoxy) is 2. The number of esters is 1. The molecule has 0 aliphatic rings. The number of carbonyl (C=O) groups excluding carboxylic acids is 1. The number of benzene rings is 1. The number of imidazole rings is 1. The Kier molecular flexibility index (Phi) is 6.16. The normalized spacial score (nSPS) is 11.0. The van der Waals surface area contributed by atoms with Gasteiger partial charge in [-0.1, -0.05) is 17.7 Å². The molecule has 0 amide bonds. The van der Waals surface area contributed by atoms with Gasteiger partial charge in [0.15, 0.2) is 11.2 Å². The first-order chi connectivity index (χ1) is 13.9. The molecule has 0 radical (unpaired) electrons. The first kappa shape index (κ1) is 20.4. The van der Waals surface area contributed by atoms with E-state index in [2.05, 4.69) is 4.98 Å². The van der Waals surface area contributed by atoms with Crippen molar-refractivity contribution in [3.05, 3.63) is 57.0 Å². The SMILES string of the molecule is Cc1ccc(OCCC(=O)OCCCn2c(=O)c3c(ncn3C)n(C)c2=O)cc1. The lowest BCUT2D eigenvalue weighted by atomic mass is 10.2. The van der Waals surface area contributed by atoms with Crippen molar-refractivity contribution in [2.24, 2.45) is 14.1 Å². The topological polar surface area (TPSA) is 97.3 Å². The van der Waals surface area contributed by atoms with Crippen LogP contribution in [-0.4, -0.2) is 37.9 Å². The Bertz CT molecular complexity index is 1120. The molecule has 0 aliphatic heterocycles. The van der Waals surface area contributed by atoms with Gasteiger partial charge in [-0.15, -0.1) is 0 Å². The fourth-order valence-corrected chi connectivity index (χ4v) is 2.96. The maximum atomic E-state index is 12.6. The van der Waals surface area contributed by atoms with Crippen molar-refractivity contribution in [3.8, 4) is 5.75 Å². The van der Waals surface area contributed by atoms with Gasteiger partial charge in [-0.25, -0.2) is 9.78 Å². The van der Waals surface area contributed by atoms with Gasteiger partial charge in [0, 0.05) is 20.6 Å². The Labute approximate surface area is 167 Å². The molecule has 0 spiro atoms. The van der Waals surface area contributed by atoms with Crippen LogP contribution in [0.25, 0.3) is 11.2 Å². The standard InChI is InChI=1S/C20H24N4O5/c1-14-5-7-15(8-6-14)28-12-9-16(25)29-11-4-10-24-19(26)17-18(21-13-22(17)2)23(3)20(24)27/h5-8,13H,4,9-12H2,1-3H3. The van der Waals surface area contributed by atoms with Crippen LogP contribution in [0.4, 0.5) is 0 Å². The van der Waals surface area contributed by atoms with Crippen molar-refractivity contribution in [2.75, 3.05) is 13.2 Å². The van der Waals surface area contributed by atoms with E-state index < -0.39 is 11.2 Å². The van der Waals surface area contributed by atoms with Crippen LogP contribution in [0.15, 0.2) is 40.2 Å². The van der Waals surface area contributed by atoms with Crippen LogP contribution in [0.1, 0.15) is 18.4 Å². The number of carbonyl (C=O) groups is 1. The van der Waals surface area contributed by atoms with Crippen LogP contribution in [-0.2, 0) is 30.2 Å². The summed E-state index contributed by atoms with van der Waals surface area (Å²) < 4.78 is 14.7. The molecule has 9 heteroatoms. The van der Waals surface area contributed by atoms with E-state index in [9.17, 15) is 14.4 Å². The van der Waals surface area contributed by atoms with Crippen molar-refractivity contribution in [1.29, 1.82) is 0 Å². The summed E-state index contributed by atoms with van der Waals surface area (Å²) in [7, 11) is 3.27. The number of fused-ring (bicyclic) bond motifs is 1. The lowest BCUT2D eigenvalue weighted by molar-refractivity contribution is -0.144. The van der Waals surface area contributed by atoms with E-state index in [0.29, 0.717) is 23.3 Å². The minimum Gasteiger partial charge on any atom is -0.493 e. The largest absolute Gasteiger partial charge is 0.493 e. The second-order valence-corrected chi connectivity index (χ2v) is 6.81. The molecule has 0 saturated heterocycles. The predicted molar refractivity (Wildman–Crippen MR) is 107 cm³/mol. The van der Waals surface area contributed by atoms with Gasteiger partial charge in [0.25, 0.3) is 5.56 Å². The van der Waals surface area contributed by atoms with E-state index in [-0.39, 0.29) is 32.1 Å². The number of aromatic nitrogens is 4. The molecule has 0 aliphatic carbocycles. The zero-order valence-corrected chi connectivity index (χ0v) is 16.8. The fourth-order valence-electron chi connectivity index (χ4n) is 2.96. The number of rotatable bonds is 8. The van der Waals surface area contributed by atoms with Gasteiger partial charge >= 0.3 is 11.7 Å². The quantitative estimate of drug-likeness (QED) is 0.416. The van der Waals surface area contributed by atoms with Gasteiger partial charge < -0.3 is 14.0 Å². The van der Waals surface area contributed by atoms with Crippen LogP contribution in [0, 0.1) is 6.92 Å². The van der Waals surface area contributed by atoms with Crippen LogP contribution < -0.4 is 16.0 Å².